The standard InChI is InChI=1S/C24H24N6O2S/c1-14-15(2)33-24-21(14)22(25-13-26-24)30-10-8-16(9-11-30)23(32)27-18-5-3-4-17(12-18)19-6-7-20(31)29-28-19/h3-7,12-13,16H,8-11H2,1-2H3,(H,27,32)(H,29,31). The van der Waals surface area contributed by atoms with E-state index in [-0.39, 0.29) is 17.4 Å². The Bertz CT molecular complexity index is 1370. The molecule has 8 nitrogen and oxygen atoms in total. The number of hydrogen-bond acceptors (Lipinski definition) is 7. The summed E-state index contributed by atoms with van der Waals surface area (Å²) < 4.78 is 0. The molecule has 33 heavy (non-hydrogen) atoms. The van der Waals surface area contributed by atoms with E-state index in [0.717, 1.165) is 53.2 Å². The predicted molar refractivity (Wildman–Crippen MR) is 131 cm³/mol. The molecule has 0 spiro atoms. The first kappa shape index (κ1) is 21.3. The number of piperidine rings is 1. The first-order valence-corrected chi connectivity index (χ1v) is 11.7. The number of thiophene rings is 1. The van der Waals surface area contributed by atoms with E-state index >= 15 is 0 Å². The van der Waals surface area contributed by atoms with Gasteiger partial charge in [0.2, 0.25) is 5.91 Å². The average Bonchev–Trinajstić information content (AvgIpc) is 3.13. The smallest absolute Gasteiger partial charge is 0.264 e. The van der Waals surface area contributed by atoms with Crippen LogP contribution < -0.4 is 15.8 Å². The highest BCUT2D eigenvalue weighted by Gasteiger charge is 2.27. The van der Waals surface area contributed by atoms with Gasteiger partial charge in [-0.05, 0) is 50.5 Å². The van der Waals surface area contributed by atoms with Crippen molar-refractivity contribution in [2.75, 3.05) is 23.3 Å². The number of fused-ring (bicyclic) bond motifs is 1. The maximum atomic E-state index is 13.0. The number of aromatic nitrogens is 4. The van der Waals surface area contributed by atoms with E-state index in [9.17, 15) is 9.59 Å². The van der Waals surface area contributed by atoms with Gasteiger partial charge in [0, 0.05) is 41.2 Å². The minimum absolute atomic E-state index is 0.0246. The molecular formula is C24H24N6O2S. The van der Waals surface area contributed by atoms with Crippen molar-refractivity contribution in [3.05, 3.63) is 63.5 Å². The van der Waals surface area contributed by atoms with Gasteiger partial charge in [-0.2, -0.15) is 5.10 Å². The van der Waals surface area contributed by atoms with Gasteiger partial charge in [0.25, 0.3) is 5.56 Å². The van der Waals surface area contributed by atoms with Gasteiger partial charge in [-0.3, -0.25) is 9.59 Å². The Balaban J connectivity index is 1.26. The summed E-state index contributed by atoms with van der Waals surface area (Å²) in [6, 6.07) is 10.6. The summed E-state index contributed by atoms with van der Waals surface area (Å²) in [5.74, 6) is 0.942. The largest absolute Gasteiger partial charge is 0.356 e. The van der Waals surface area contributed by atoms with Crippen molar-refractivity contribution in [1.29, 1.82) is 0 Å². The van der Waals surface area contributed by atoms with E-state index in [1.165, 1.54) is 16.5 Å². The molecule has 4 aromatic rings. The maximum absolute atomic E-state index is 13.0. The minimum atomic E-state index is -0.249. The van der Waals surface area contributed by atoms with Gasteiger partial charge in [0.05, 0.1) is 11.1 Å². The number of carbonyl (C=O) groups excluding carboxylic acids is 1. The molecular weight excluding hydrogens is 436 g/mol. The number of nitrogens with zero attached hydrogens (tertiary/aromatic N) is 4. The number of rotatable bonds is 4. The summed E-state index contributed by atoms with van der Waals surface area (Å²) in [5, 5.41) is 10.7. The molecule has 0 aliphatic carbocycles. The van der Waals surface area contributed by atoms with E-state index in [1.807, 2.05) is 24.3 Å². The third-order valence-electron chi connectivity index (χ3n) is 6.22. The first-order chi connectivity index (χ1) is 16.0. The molecule has 1 aliphatic heterocycles. The quantitative estimate of drug-likeness (QED) is 0.479. The van der Waals surface area contributed by atoms with Gasteiger partial charge in [-0.15, -0.1) is 11.3 Å². The third-order valence-corrected chi connectivity index (χ3v) is 7.33. The van der Waals surface area contributed by atoms with Crippen LogP contribution in [0.25, 0.3) is 21.5 Å². The topological polar surface area (TPSA) is 104 Å². The molecule has 5 rings (SSSR count). The monoisotopic (exact) mass is 460 g/mol. The molecule has 0 radical (unpaired) electrons. The number of nitrogens with one attached hydrogen (secondary N) is 2. The second kappa shape index (κ2) is 8.74. The lowest BCUT2D eigenvalue weighted by Gasteiger charge is -2.32. The second-order valence-corrected chi connectivity index (χ2v) is 9.50. The number of aryl methyl sites for hydroxylation is 2. The number of hydrogen-bond donors (Lipinski definition) is 2. The highest BCUT2D eigenvalue weighted by atomic mass is 32.1. The van der Waals surface area contributed by atoms with E-state index < -0.39 is 0 Å². The zero-order valence-electron chi connectivity index (χ0n) is 18.5. The van der Waals surface area contributed by atoms with Crippen LogP contribution in [0.3, 0.4) is 0 Å². The molecule has 0 bridgehead atoms. The van der Waals surface area contributed by atoms with Crippen LogP contribution in [0.15, 0.2) is 47.5 Å². The van der Waals surface area contributed by atoms with E-state index in [4.69, 9.17) is 0 Å². The first-order valence-electron chi connectivity index (χ1n) is 10.9. The Morgan fingerprint density at radius 1 is 1.15 bits per heavy atom. The summed E-state index contributed by atoms with van der Waals surface area (Å²) in [6.45, 7) is 5.79. The van der Waals surface area contributed by atoms with Crippen LogP contribution in [0.5, 0.6) is 0 Å². The molecule has 4 heterocycles. The number of aromatic amines is 1. The van der Waals surface area contributed by atoms with Crippen molar-refractivity contribution in [3.63, 3.8) is 0 Å². The molecule has 0 atom stereocenters. The van der Waals surface area contributed by atoms with Crippen LogP contribution in [-0.2, 0) is 4.79 Å². The Hall–Kier alpha value is -3.59. The molecule has 0 saturated carbocycles. The number of anilines is 2. The van der Waals surface area contributed by atoms with Crippen molar-refractivity contribution < 1.29 is 4.79 Å². The summed E-state index contributed by atoms with van der Waals surface area (Å²) in [7, 11) is 0. The summed E-state index contributed by atoms with van der Waals surface area (Å²) in [6.07, 6.45) is 3.16. The number of H-pyrrole nitrogens is 1. The maximum Gasteiger partial charge on any atom is 0.264 e. The lowest BCUT2D eigenvalue weighted by molar-refractivity contribution is -0.120. The number of amides is 1. The molecule has 1 fully saturated rings. The van der Waals surface area contributed by atoms with E-state index in [2.05, 4.69) is 44.2 Å². The molecule has 9 heteroatoms. The highest BCUT2D eigenvalue weighted by molar-refractivity contribution is 7.18. The van der Waals surface area contributed by atoms with Crippen LogP contribution in [0.4, 0.5) is 11.5 Å². The van der Waals surface area contributed by atoms with Crippen molar-refractivity contribution in [3.8, 4) is 11.3 Å². The van der Waals surface area contributed by atoms with Crippen molar-refractivity contribution >= 4 is 39.0 Å². The molecule has 1 aromatic carbocycles. The summed E-state index contributed by atoms with van der Waals surface area (Å²) >= 11 is 1.70. The zero-order valence-corrected chi connectivity index (χ0v) is 19.3. The Kier molecular flexibility index (Phi) is 5.63. The van der Waals surface area contributed by atoms with Gasteiger partial charge in [-0.1, -0.05) is 12.1 Å². The van der Waals surface area contributed by atoms with Crippen molar-refractivity contribution in [1.82, 2.24) is 20.2 Å². The molecule has 0 unspecified atom stereocenters. The molecule has 168 valence electrons. The van der Waals surface area contributed by atoms with Gasteiger partial charge in [0.15, 0.2) is 0 Å². The summed E-state index contributed by atoms with van der Waals surface area (Å²) in [4.78, 5) is 37.8. The fourth-order valence-corrected chi connectivity index (χ4v) is 5.25. The fraction of sp³-hybridized carbons (Fsp3) is 0.292. The van der Waals surface area contributed by atoms with Crippen LogP contribution in [0.1, 0.15) is 23.3 Å². The number of benzene rings is 1. The lowest BCUT2D eigenvalue weighted by Crippen LogP contribution is -2.38. The molecule has 1 saturated heterocycles. The van der Waals surface area contributed by atoms with Gasteiger partial charge >= 0.3 is 0 Å². The predicted octanol–water partition coefficient (Wildman–Crippen LogP) is 3.91. The molecule has 3 aromatic heterocycles. The molecule has 2 N–H and O–H groups in total. The molecule has 1 aliphatic rings. The van der Waals surface area contributed by atoms with Crippen molar-refractivity contribution in [2.24, 2.45) is 5.92 Å². The fourth-order valence-electron chi connectivity index (χ4n) is 4.26. The van der Waals surface area contributed by atoms with Crippen molar-refractivity contribution in [2.45, 2.75) is 26.7 Å². The van der Waals surface area contributed by atoms with Crippen LogP contribution >= 0.6 is 11.3 Å². The number of carbonyl (C=O) groups is 1. The second-order valence-electron chi connectivity index (χ2n) is 8.30. The zero-order chi connectivity index (χ0) is 22.9. The normalized spacial score (nSPS) is 14.5. The van der Waals surface area contributed by atoms with Crippen LogP contribution in [0.2, 0.25) is 0 Å². The van der Waals surface area contributed by atoms with E-state index in [0.29, 0.717) is 5.69 Å². The van der Waals surface area contributed by atoms with E-state index in [1.54, 1.807) is 23.7 Å². The summed E-state index contributed by atoms with van der Waals surface area (Å²) in [5.41, 5.74) is 3.18. The lowest BCUT2D eigenvalue weighted by atomic mass is 9.95. The highest BCUT2D eigenvalue weighted by Crippen LogP contribution is 2.35. The van der Waals surface area contributed by atoms with Gasteiger partial charge in [0.1, 0.15) is 17.0 Å². The Labute approximate surface area is 194 Å². The van der Waals surface area contributed by atoms with Gasteiger partial charge < -0.3 is 10.2 Å². The van der Waals surface area contributed by atoms with Gasteiger partial charge in [-0.25, -0.2) is 15.1 Å². The van der Waals surface area contributed by atoms with Crippen LogP contribution in [-0.4, -0.2) is 39.2 Å². The Morgan fingerprint density at radius 3 is 2.73 bits per heavy atom. The molecule has 1 amide bonds. The van der Waals surface area contributed by atoms with Crippen LogP contribution in [0, 0.1) is 19.8 Å². The Morgan fingerprint density at radius 2 is 1.97 bits per heavy atom. The average molecular weight is 461 g/mol. The minimum Gasteiger partial charge on any atom is -0.356 e. The SMILES string of the molecule is Cc1sc2ncnc(N3CCC(C(=O)Nc4cccc(-c5ccc(=O)[nH]n5)c4)CC3)c2c1C. The third kappa shape index (κ3) is 4.23.